The molecule has 0 aromatic carbocycles. The Morgan fingerprint density at radius 3 is 3.00 bits per heavy atom. The van der Waals surface area contributed by atoms with E-state index in [4.69, 9.17) is 5.11 Å². The Morgan fingerprint density at radius 2 is 2.60 bits per heavy atom. The maximum atomic E-state index is 11.0. The molecule has 1 amide bonds. The number of hydrogen-bond acceptors (Lipinski definition) is 2. The number of rotatable bonds is 2. The van der Waals surface area contributed by atoms with Crippen molar-refractivity contribution < 1.29 is 9.90 Å². The largest absolute Gasteiger partial charge is 0.396 e. The Morgan fingerprint density at radius 1 is 1.90 bits per heavy atom. The molecule has 1 aliphatic heterocycles. The molecule has 1 fully saturated rings. The minimum absolute atomic E-state index is 0.0463. The van der Waals surface area contributed by atoms with E-state index in [1.807, 2.05) is 6.92 Å². The van der Waals surface area contributed by atoms with Gasteiger partial charge in [0, 0.05) is 19.1 Å². The van der Waals surface area contributed by atoms with Crippen LogP contribution in [0.5, 0.6) is 0 Å². The molecule has 3 heteroatoms. The van der Waals surface area contributed by atoms with Crippen molar-refractivity contribution >= 4 is 5.91 Å². The summed E-state index contributed by atoms with van der Waals surface area (Å²) in [5.41, 5.74) is 0. The standard InChI is InChI=1S/C7H13NO2/c1-5(4-9)6-2-3-8-7(6)10/h5-6,9H,2-4H2,1H3,(H,8,10). The number of nitrogens with one attached hydrogen (secondary N) is 1. The maximum Gasteiger partial charge on any atom is 0.223 e. The van der Waals surface area contributed by atoms with Crippen molar-refractivity contribution in [2.75, 3.05) is 13.2 Å². The minimum atomic E-state index is 0.0463. The molecular weight excluding hydrogens is 130 g/mol. The Balaban J connectivity index is 2.46. The molecule has 0 aromatic heterocycles. The molecule has 2 unspecified atom stereocenters. The quantitative estimate of drug-likeness (QED) is 0.560. The number of hydrogen-bond donors (Lipinski definition) is 2. The molecule has 1 rings (SSSR count). The van der Waals surface area contributed by atoms with Gasteiger partial charge in [0.15, 0.2) is 0 Å². The maximum absolute atomic E-state index is 11.0. The summed E-state index contributed by atoms with van der Waals surface area (Å²) in [5, 5.41) is 11.5. The molecule has 0 spiro atoms. The molecule has 58 valence electrons. The van der Waals surface area contributed by atoms with E-state index in [0.29, 0.717) is 0 Å². The van der Waals surface area contributed by atoms with Crippen LogP contribution in [0.15, 0.2) is 0 Å². The highest BCUT2D eigenvalue weighted by atomic mass is 16.3. The van der Waals surface area contributed by atoms with Crippen LogP contribution in [0, 0.1) is 11.8 Å². The smallest absolute Gasteiger partial charge is 0.223 e. The zero-order chi connectivity index (χ0) is 7.56. The fraction of sp³-hybridized carbons (Fsp3) is 0.857. The lowest BCUT2D eigenvalue weighted by Crippen LogP contribution is -2.25. The van der Waals surface area contributed by atoms with Gasteiger partial charge in [-0.1, -0.05) is 6.92 Å². The Kier molecular flexibility index (Phi) is 2.27. The number of aliphatic hydroxyl groups excluding tert-OH is 1. The third kappa shape index (κ3) is 1.29. The zero-order valence-corrected chi connectivity index (χ0v) is 6.13. The average molecular weight is 143 g/mol. The van der Waals surface area contributed by atoms with Crippen molar-refractivity contribution in [3.8, 4) is 0 Å². The summed E-state index contributed by atoms with van der Waals surface area (Å²) in [4.78, 5) is 11.0. The molecule has 1 saturated heterocycles. The molecule has 0 bridgehead atoms. The molecule has 1 heterocycles. The lowest BCUT2D eigenvalue weighted by Gasteiger charge is -2.12. The first-order valence-electron chi connectivity index (χ1n) is 3.64. The van der Waals surface area contributed by atoms with Crippen molar-refractivity contribution in [3.05, 3.63) is 0 Å². The lowest BCUT2D eigenvalue weighted by molar-refractivity contribution is -0.124. The number of aliphatic hydroxyl groups is 1. The number of amides is 1. The molecule has 0 aliphatic carbocycles. The molecular formula is C7H13NO2. The van der Waals surface area contributed by atoms with Crippen molar-refractivity contribution in [2.24, 2.45) is 11.8 Å². The van der Waals surface area contributed by atoms with Crippen LogP contribution >= 0.6 is 0 Å². The molecule has 0 saturated carbocycles. The highest BCUT2D eigenvalue weighted by Gasteiger charge is 2.28. The molecule has 10 heavy (non-hydrogen) atoms. The molecule has 0 aromatic rings. The van der Waals surface area contributed by atoms with E-state index in [2.05, 4.69) is 5.32 Å². The molecule has 0 radical (unpaired) electrons. The first kappa shape index (κ1) is 7.54. The van der Waals surface area contributed by atoms with E-state index in [1.165, 1.54) is 0 Å². The second kappa shape index (κ2) is 3.01. The predicted molar refractivity (Wildman–Crippen MR) is 37.4 cm³/mol. The van der Waals surface area contributed by atoms with Crippen LogP contribution in [0.25, 0.3) is 0 Å². The highest BCUT2D eigenvalue weighted by molar-refractivity contribution is 5.80. The van der Waals surface area contributed by atoms with E-state index in [-0.39, 0.29) is 24.3 Å². The van der Waals surface area contributed by atoms with E-state index in [9.17, 15) is 4.79 Å². The van der Waals surface area contributed by atoms with E-state index < -0.39 is 0 Å². The second-order valence-corrected chi connectivity index (χ2v) is 2.85. The lowest BCUT2D eigenvalue weighted by atomic mass is 9.94. The van der Waals surface area contributed by atoms with Gasteiger partial charge in [-0.3, -0.25) is 4.79 Å². The van der Waals surface area contributed by atoms with Gasteiger partial charge in [-0.15, -0.1) is 0 Å². The second-order valence-electron chi connectivity index (χ2n) is 2.85. The van der Waals surface area contributed by atoms with Crippen LogP contribution in [0.1, 0.15) is 13.3 Å². The van der Waals surface area contributed by atoms with E-state index in [1.54, 1.807) is 0 Å². The molecule has 2 atom stereocenters. The topological polar surface area (TPSA) is 49.3 Å². The van der Waals surface area contributed by atoms with E-state index >= 15 is 0 Å². The summed E-state index contributed by atoms with van der Waals surface area (Å²) in [5.74, 6) is 0.258. The molecule has 3 nitrogen and oxygen atoms in total. The van der Waals surface area contributed by atoms with Gasteiger partial charge in [-0.25, -0.2) is 0 Å². The highest BCUT2D eigenvalue weighted by Crippen LogP contribution is 2.18. The van der Waals surface area contributed by atoms with Crippen LogP contribution < -0.4 is 5.32 Å². The predicted octanol–water partition coefficient (Wildman–Crippen LogP) is -0.249. The van der Waals surface area contributed by atoms with Crippen molar-refractivity contribution in [3.63, 3.8) is 0 Å². The van der Waals surface area contributed by atoms with Gasteiger partial charge in [0.1, 0.15) is 0 Å². The minimum Gasteiger partial charge on any atom is -0.396 e. The summed E-state index contributed by atoms with van der Waals surface area (Å²) in [6, 6.07) is 0. The number of carbonyl (C=O) groups is 1. The molecule has 1 aliphatic rings. The van der Waals surface area contributed by atoms with Crippen molar-refractivity contribution in [1.29, 1.82) is 0 Å². The Bertz CT molecular complexity index is 136. The van der Waals surface area contributed by atoms with E-state index in [0.717, 1.165) is 13.0 Å². The summed E-state index contributed by atoms with van der Waals surface area (Å²) in [6.45, 7) is 2.78. The summed E-state index contributed by atoms with van der Waals surface area (Å²) in [7, 11) is 0. The monoisotopic (exact) mass is 143 g/mol. The fourth-order valence-electron chi connectivity index (χ4n) is 1.28. The SMILES string of the molecule is CC(CO)C1CCNC1=O. The van der Waals surface area contributed by atoms with Crippen LogP contribution in [0.4, 0.5) is 0 Å². The van der Waals surface area contributed by atoms with Crippen LogP contribution in [0.3, 0.4) is 0 Å². The van der Waals surface area contributed by atoms with Crippen molar-refractivity contribution in [1.82, 2.24) is 5.32 Å². The Labute approximate surface area is 60.4 Å². The van der Waals surface area contributed by atoms with Crippen molar-refractivity contribution in [2.45, 2.75) is 13.3 Å². The fourth-order valence-corrected chi connectivity index (χ4v) is 1.28. The van der Waals surface area contributed by atoms with Gasteiger partial charge in [-0.05, 0) is 12.3 Å². The third-order valence-corrected chi connectivity index (χ3v) is 2.07. The average Bonchev–Trinajstić information content (AvgIpc) is 2.34. The Hall–Kier alpha value is -0.570. The van der Waals surface area contributed by atoms with Gasteiger partial charge in [0.25, 0.3) is 0 Å². The number of carbonyl (C=O) groups excluding carboxylic acids is 1. The first-order valence-corrected chi connectivity index (χ1v) is 3.64. The zero-order valence-electron chi connectivity index (χ0n) is 6.13. The van der Waals surface area contributed by atoms with Crippen LogP contribution in [-0.4, -0.2) is 24.2 Å². The molecule has 2 N–H and O–H groups in total. The first-order chi connectivity index (χ1) is 4.75. The summed E-state index contributed by atoms with van der Waals surface area (Å²) >= 11 is 0. The van der Waals surface area contributed by atoms with Gasteiger partial charge in [0.05, 0.1) is 0 Å². The normalized spacial score (nSPS) is 28.2. The van der Waals surface area contributed by atoms with Gasteiger partial charge >= 0.3 is 0 Å². The van der Waals surface area contributed by atoms with Gasteiger partial charge < -0.3 is 10.4 Å². The van der Waals surface area contributed by atoms with Crippen LogP contribution in [0.2, 0.25) is 0 Å². The summed E-state index contributed by atoms with van der Waals surface area (Å²) in [6.07, 6.45) is 0.876. The van der Waals surface area contributed by atoms with Crippen LogP contribution in [-0.2, 0) is 4.79 Å². The summed E-state index contributed by atoms with van der Waals surface area (Å²) < 4.78 is 0. The third-order valence-electron chi connectivity index (χ3n) is 2.07. The van der Waals surface area contributed by atoms with Gasteiger partial charge in [-0.2, -0.15) is 0 Å². The van der Waals surface area contributed by atoms with Gasteiger partial charge in [0.2, 0.25) is 5.91 Å².